The summed E-state index contributed by atoms with van der Waals surface area (Å²) in [6, 6.07) is 16.5. The molecule has 1 N–H and O–H groups in total. The van der Waals surface area contributed by atoms with E-state index >= 15 is 0 Å². The van der Waals surface area contributed by atoms with E-state index in [4.69, 9.17) is 4.74 Å². The average Bonchev–Trinajstić information content (AvgIpc) is 2.83. The first-order valence-electron chi connectivity index (χ1n) is 11.3. The molecule has 168 valence electrons. The fraction of sp³-hybridized carbons (Fsp3) is 0.296. The lowest BCUT2D eigenvalue weighted by molar-refractivity contribution is 0.102. The molecule has 0 aliphatic carbocycles. The molecule has 0 bridgehead atoms. The Hall–Kier alpha value is -3.18. The number of hydrogen-bond acceptors (Lipinski definition) is 3. The lowest BCUT2D eigenvalue weighted by Crippen LogP contribution is -2.36. The molecule has 0 saturated carbocycles. The standard InChI is InChI=1S/C27H29FN2O2.H2/c1-2-3-4-5-8-20-11-12-26(25-10-7-6-9-24(20)25)29-27(31)21-17-22(28)19-23(18-21)30-13-15-32-16-14-30;/h5-12,17-19H,2-4,13-16H2,1H3,(H,29,31);1H/b8-5+;. The van der Waals surface area contributed by atoms with E-state index in [-0.39, 0.29) is 7.33 Å². The van der Waals surface area contributed by atoms with Crippen LogP contribution in [0.2, 0.25) is 0 Å². The zero-order valence-electron chi connectivity index (χ0n) is 18.4. The van der Waals surface area contributed by atoms with Gasteiger partial charge in [-0.3, -0.25) is 4.79 Å². The summed E-state index contributed by atoms with van der Waals surface area (Å²) >= 11 is 0. The fourth-order valence-corrected chi connectivity index (χ4v) is 4.01. The molecule has 1 aliphatic rings. The third-order valence-corrected chi connectivity index (χ3v) is 5.75. The summed E-state index contributed by atoms with van der Waals surface area (Å²) in [5, 5.41) is 5.03. The van der Waals surface area contributed by atoms with Gasteiger partial charge in [-0.1, -0.05) is 62.2 Å². The Morgan fingerprint density at radius 1 is 1.12 bits per heavy atom. The Bertz CT molecular complexity index is 1130. The lowest BCUT2D eigenvalue weighted by Gasteiger charge is -2.29. The molecule has 1 saturated heterocycles. The van der Waals surface area contributed by atoms with Crippen molar-refractivity contribution in [3.05, 3.63) is 77.6 Å². The Morgan fingerprint density at radius 2 is 1.91 bits per heavy atom. The van der Waals surface area contributed by atoms with Gasteiger partial charge in [0, 0.05) is 36.8 Å². The van der Waals surface area contributed by atoms with Crippen molar-refractivity contribution in [1.82, 2.24) is 0 Å². The maximum atomic E-state index is 14.3. The topological polar surface area (TPSA) is 41.6 Å². The van der Waals surface area contributed by atoms with Crippen LogP contribution in [0.25, 0.3) is 16.8 Å². The molecule has 4 nitrogen and oxygen atoms in total. The van der Waals surface area contributed by atoms with Gasteiger partial charge in [0.1, 0.15) is 5.82 Å². The van der Waals surface area contributed by atoms with Crippen molar-refractivity contribution in [1.29, 1.82) is 0 Å². The molecule has 0 unspecified atom stereocenters. The Morgan fingerprint density at radius 3 is 2.69 bits per heavy atom. The highest BCUT2D eigenvalue weighted by atomic mass is 19.1. The highest BCUT2D eigenvalue weighted by Crippen LogP contribution is 2.29. The minimum Gasteiger partial charge on any atom is -0.378 e. The molecular formula is C27H31FN2O2. The number of amides is 1. The largest absolute Gasteiger partial charge is 0.378 e. The number of carbonyl (C=O) groups excluding carboxylic acids is 1. The van der Waals surface area contributed by atoms with Gasteiger partial charge < -0.3 is 15.0 Å². The van der Waals surface area contributed by atoms with Gasteiger partial charge in [0.15, 0.2) is 0 Å². The number of benzene rings is 3. The lowest BCUT2D eigenvalue weighted by atomic mass is 10.0. The number of anilines is 2. The van der Waals surface area contributed by atoms with Gasteiger partial charge in [-0.25, -0.2) is 4.39 Å². The van der Waals surface area contributed by atoms with E-state index < -0.39 is 5.82 Å². The molecule has 1 heterocycles. The SMILES string of the molecule is CCCC/C=C/c1ccc(NC(=O)c2cc(F)cc(N3CCOCC3)c2)c2ccccc12.[HH]. The number of ether oxygens (including phenoxy) is 1. The van der Waals surface area contributed by atoms with Gasteiger partial charge in [0.2, 0.25) is 0 Å². The number of halogens is 1. The molecule has 4 rings (SSSR count). The number of fused-ring (bicyclic) bond motifs is 1. The third kappa shape index (κ3) is 5.17. The summed E-state index contributed by atoms with van der Waals surface area (Å²) in [5.41, 5.74) is 2.85. The van der Waals surface area contributed by atoms with Crippen molar-refractivity contribution in [3.8, 4) is 0 Å². The molecule has 3 aromatic carbocycles. The minimum atomic E-state index is -0.420. The van der Waals surface area contributed by atoms with Crippen molar-refractivity contribution in [3.63, 3.8) is 0 Å². The van der Waals surface area contributed by atoms with E-state index in [0.717, 1.165) is 22.8 Å². The normalized spacial score (nSPS) is 14.2. The molecule has 0 spiro atoms. The van der Waals surface area contributed by atoms with Gasteiger partial charge in [0.05, 0.1) is 13.2 Å². The number of hydrogen-bond donors (Lipinski definition) is 1. The highest BCUT2D eigenvalue weighted by molar-refractivity contribution is 6.10. The van der Waals surface area contributed by atoms with E-state index in [0.29, 0.717) is 43.2 Å². The van der Waals surface area contributed by atoms with Crippen molar-refractivity contribution in [2.24, 2.45) is 0 Å². The summed E-state index contributed by atoms with van der Waals surface area (Å²) in [7, 11) is 0. The first-order chi connectivity index (χ1) is 15.7. The van der Waals surface area contributed by atoms with E-state index in [1.54, 1.807) is 6.07 Å². The van der Waals surface area contributed by atoms with Crippen LogP contribution >= 0.6 is 0 Å². The molecule has 0 aromatic heterocycles. The van der Waals surface area contributed by atoms with Crippen LogP contribution in [0.4, 0.5) is 15.8 Å². The molecule has 1 aliphatic heterocycles. The monoisotopic (exact) mass is 434 g/mol. The zero-order chi connectivity index (χ0) is 22.3. The number of nitrogens with one attached hydrogen (secondary N) is 1. The molecule has 5 heteroatoms. The smallest absolute Gasteiger partial charge is 0.255 e. The second kappa shape index (κ2) is 10.4. The summed E-state index contributed by atoms with van der Waals surface area (Å²) in [6.45, 7) is 4.75. The second-order valence-corrected chi connectivity index (χ2v) is 8.04. The molecule has 3 aromatic rings. The van der Waals surface area contributed by atoms with Crippen molar-refractivity contribution >= 4 is 34.1 Å². The molecule has 0 atom stereocenters. The summed E-state index contributed by atoms with van der Waals surface area (Å²) in [4.78, 5) is 15.1. The number of morpholine rings is 1. The molecule has 1 amide bonds. The highest BCUT2D eigenvalue weighted by Gasteiger charge is 2.16. The van der Waals surface area contributed by atoms with Crippen LogP contribution in [0.5, 0.6) is 0 Å². The van der Waals surface area contributed by atoms with Crippen LogP contribution in [0, 0.1) is 5.82 Å². The van der Waals surface area contributed by atoms with E-state index in [1.807, 2.05) is 35.2 Å². The summed E-state index contributed by atoms with van der Waals surface area (Å²) < 4.78 is 19.7. The predicted molar refractivity (Wildman–Crippen MR) is 132 cm³/mol. The maximum Gasteiger partial charge on any atom is 0.255 e. The third-order valence-electron chi connectivity index (χ3n) is 5.75. The van der Waals surface area contributed by atoms with Gasteiger partial charge >= 0.3 is 0 Å². The number of rotatable bonds is 7. The van der Waals surface area contributed by atoms with E-state index in [1.165, 1.54) is 25.0 Å². The van der Waals surface area contributed by atoms with Crippen molar-refractivity contribution in [2.75, 3.05) is 36.5 Å². The van der Waals surface area contributed by atoms with Gasteiger partial charge in [-0.2, -0.15) is 0 Å². The Kier molecular flexibility index (Phi) is 7.17. The van der Waals surface area contributed by atoms with Gasteiger partial charge in [-0.05, 0) is 41.6 Å². The van der Waals surface area contributed by atoms with Gasteiger partial charge in [-0.15, -0.1) is 0 Å². The average molecular weight is 435 g/mol. The summed E-state index contributed by atoms with van der Waals surface area (Å²) in [6.07, 6.45) is 7.73. The van der Waals surface area contributed by atoms with Gasteiger partial charge in [0.25, 0.3) is 5.91 Å². The first kappa shape index (κ1) is 22.0. The molecule has 0 radical (unpaired) electrons. The van der Waals surface area contributed by atoms with Crippen LogP contribution in [-0.4, -0.2) is 32.2 Å². The second-order valence-electron chi connectivity index (χ2n) is 8.04. The van der Waals surface area contributed by atoms with E-state index in [2.05, 4.69) is 30.5 Å². The predicted octanol–water partition coefficient (Wildman–Crippen LogP) is 6.52. The van der Waals surface area contributed by atoms with Crippen molar-refractivity contribution in [2.45, 2.75) is 26.2 Å². The van der Waals surface area contributed by atoms with E-state index in [9.17, 15) is 9.18 Å². The molecular weight excluding hydrogens is 403 g/mol. The zero-order valence-corrected chi connectivity index (χ0v) is 18.4. The van der Waals surface area contributed by atoms with Crippen LogP contribution < -0.4 is 10.2 Å². The maximum absolute atomic E-state index is 14.3. The first-order valence-corrected chi connectivity index (χ1v) is 11.3. The molecule has 32 heavy (non-hydrogen) atoms. The van der Waals surface area contributed by atoms with Crippen LogP contribution in [0.15, 0.2) is 60.7 Å². The van der Waals surface area contributed by atoms with Crippen molar-refractivity contribution < 1.29 is 15.3 Å². The number of carbonyl (C=O) groups is 1. The van der Waals surface area contributed by atoms with Crippen LogP contribution in [0.1, 0.15) is 43.5 Å². The number of unbranched alkanes of at least 4 members (excludes halogenated alkanes) is 2. The van der Waals surface area contributed by atoms with Crippen LogP contribution in [0.3, 0.4) is 0 Å². The number of nitrogens with zero attached hydrogens (tertiary/aromatic N) is 1. The number of allylic oxidation sites excluding steroid dienone is 1. The Balaban J connectivity index is 0.00000306. The van der Waals surface area contributed by atoms with Crippen LogP contribution in [-0.2, 0) is 4.74 Å². The minimum absolute atomic E-state index is 0. The molecule has 1 fully saturated rings. The fourth-order valence-electron chi connectivity index (χ4n) is 4.01. The summed E-state index contributed by atoms with van der Waals surface area (Å²) in [5.74, 6) is -0.744. The Labute approximate surface area is 190 Å². The quantitative estimate of drug-likeness (QED) is 0.431.